The summed E-state index contributed by atoms with van der Waals surface area (Å²) in [5.41, 5.74) is 1.07. The van der Waals surface area contributed by atoms with E-state index in [1.165, 1.54) is 12.8 Å². The van der Waals surface area contributed by atoms with Gasteiger partial charge >= 0.3 is 5.97 Å². The lowest BCUT2D eigenvalue weighted by Crippen LogP contribution is -2.63. The molecule has 0 amide bonds. The number of rotatable bonds is 5. The number of ether oxygens (including phenoxy) is 6. The quantitative estimate of drug-likeness (QED) is 0.349. The largest absolute Gasteiger partial charge is 0.456 e. The predicted molar refractivity (Wildman–Crippen MR) is 145 cm³/mol. The number of hydrogen-bond acceptors (Lipinski definition) is 7. The van der Waals surface area contributed by atoms with Gasteiger partial charge in [0.05, 0.1) is 12.5 Å². The van der Waals surface area contributed by atoms with E-state index in [2.05, 4.69) is 24.3 Å². The topological polar surface area (TPSA) is 72.5 Å². The molecule has 7 heteroatoms. The second kappa shape index (κ2) is 10.2. The van der Waals surface area contributed by atoms with E-state index in [9.17, 15) is 4.79 Å². The number of carbonyl (C=O) groups excluding carboxylic acids is 1. The second-order valence-electron chi connectivity index (χ2n) is 13.3. The highest BCUT2D eigenvalue weighted by molar-refractivity contribution is 5.74. The molecule has 2 saturated heterocycles. The minimum absolute atomic E-state index is 0.0997. The minimum atomic E-state index is -0.641. The molecule has 0 radical (unpaired) electrons. The molecule has 2 spiro atoms. The van der Waals surface area contributed by atoms with Crippen LogP contribution in [0.25, 0.3) is 0 Å². The van der Waals surface area contributed by atoms with Crippen molar-refractivity contribution in [3.05, 3.63) is 48.0 Å². The number of benzene rings is 1. The van der Waals surface area contributed by atoms with Crippen LogP contribution in [0.2, 0.25) is 0 Å². The zero-order valence-corrected chi connectivity index (χ0v) is 23.3. The molecule has 2 aliphatic heterocycles. The molecule has 216 valence electrons. The van der Waals surface area contributed by atoms with Gasteiger partial charge in [-0.1, -0.05) is 55.3 Å². The Balaban J connectivity index is 1.13. The van der Waals surface area contributed by atoms with E-state index in [4.69, 9.17) is 28.4 Å². The van der Waals surface area contributed by atoms with Crippen LogP contribution < -0.4 is 0 Å². The standard InChI is InChI=1S/C33H42O7/c34-31(24-19-22-12-13-23(24)18-22)36-26-25(35-20-21-10-4-1-5-11-21)27-29(39-32(37-27)14-6-2-7-15-32)30-28(26)38-33(40-30)16-8-3-9-17-33/h1,4-5,10-13,22-30H,2-3,6-9,14-20H2/t22-,23+,24-,25-,26-,27+,28+,29+,30+/m1/s1. The van der Waals surface area contributed by atoms with E-state index < -0.39 is 29.9 Å². The molecule has 1 aromatic rings. The first-order chi connectivity index (χ1) is 19.6. The third-order valence-electron chi connectivity index (χ3n) is 10.7. The van der Waals surface area contributed by atoms with Crippen molar-refractivity contribution in [3.63, 3.8) is 0 Å². The maximum atomic E-state index is 13.8. The molecular formula is C33H42O7. The molecule has 0 unspecified atom stereocenters. The molecule has 5 aliphatic carbocycles. The van der Waals surface area contributed by atoms with Gasteiger partial charge in [0.2, 0.25) is 0 Å². The third kappa shape index (κ3) is 4.48. The summed E-state index contributed by atoms with van der Waals surface area (Å²) in [6.45, 7) is 0.402. The lowest BCUT2D eigenvalue weighted by Gasteiger charge is -2.42. The van der Waals surface area contributed by atoms with Crippen LogP contribution >= 0.6 is 0 Å². The Morgan fingerprint density at radius 3 is 1.90 bits per heavy atom. The highest BCUT2D eigenvalue weighted by atomic mass is 16.8. The van der Waals surface area contributed by atoms with Crippen LogP contribution in [0.4, 0.5) is 0 Å². The van der Waals surface area contributed by atoms with E-state index in [1.807, 2.05) is 18.2 Å². The Labute approximate surface area is 236 Å². The SMILES string of the molecule is O=C(O[C@@H]1[C@@H](OCc2ccccc2)[C@@H]2OC3(CCCCC3)O[C@@H]2[C@H]2OC3(CCCCC3)O[C@@H]12)[C@@H]1C[C@@H]2C=C[C@H]1C2. The van der Waals surface area contributed by atoms with Crippen LogP contribution in [0.5, 0.6) is 0 Å². The minimum Gasteiger partial charge on any atom is -0.456 e. The molecule has 0 aromatic heterocycles. The molecule has 6 fully saturated rings. The van der Waals surface area contributed by atoms with Gasteiger partial charge < -0.3 is 28.4 Å². The van der Waals surface area contributed by atoms with Gasteiger partial charge in [0.1, 0.15) is 30.5 Å². The highest BCUT2D eigenvalue weighted by Crippen LogP contribution is 2.53. The van der Waals surface area contributed by atoms with Gasteiger partial charge in [-0.15, -0.1) is 0 Å². The Bertz CT molecular complexity index is 1110. The Hall–Kier alpha value is -1.77. The summed E-state index contributed by atoms with van der Waals surface area (Å²) in [4.78, 5) is 13.8. The fraction of sp³-hybridized carbons (Fsp3) is 0.727. The van der Waals surface area contributed by atoms with Crippen molar-refractivity contribution in [1.82, 2.24) is 0 Å². The van der Waals surface area contributed by atoms with E-state index in [0.717, 1.165) is 69.8 Å². The van der Waals surface area contributed by atoms with Crippen LogP contribution in [0.3, 0.4) is 0 Å². The van der Waals surface area contributed by atoms with E-state index in [-0.39, 0.29) is 36.1 Å². The van der Waals surface area contributed by atoms with Gasteiger partial charge in [-0.3, -0.25) is 4.79 Å². The van der Waals surface area contributed by atoms with Crippen molar-refractivity contribution in [2.75, 3.05) is 0 Å². The summed E-state index contributed by atoms with van der Waals surface area (Å²) >= 11 is 0. The molecule has 0 N–H and O–H groups in total. The summed E-state index contributed by atoms with van der Waals surface area (Å²) in [6.07, 6.45) is 13.9. The van der Waals surface area contributed by atoms with Gasteiger partial charge in [-0.25, -0.2) is 0 Å². The molecule has 40 heavy (non-hydrogen) atoms. The van der Waals surface area contributed by atoms with Crippen LogP contribution in [-0.4, -0.2) is 54.2 Å². The summed E-state index contributed by atoms with van der Waals surface area (Å²) in [5, 5.41) is 0. The average molecular weight is 551 g/mol. The fourth-order valence-corrected chi connectivity index (χ4v) is 8.72. The molecule has 2 heterocycles. The van der Waals surface area contributed by atoms with Gasteiger partial charge in [-0.2, -0.15) is 0 Å². The smallest absolute Gasteiger partial charge is 0.310 e. The molecule has 7 nitrogen and oxygen atoms in total. The number of esters is 1. The summed E-state index contributed by atoms with van der Waals surface area (Å²) in [7, 11) is 0. The monoisotopic (exact) mass is 550 g/mol. The molecule has 1 aromatic carbocycles. The van der Waals surface area contributed by atoms with E-state index in [0.29, 0.717) is 12.5 Å². The van der Waals surface area contributed by atoms with Crippen molar-refractivity contribution in [2.24, 2.45) is 17.8 Å². The first kappa shape index (κ1) is 25.9. The average Bonchev–Trinajstić information content (AvgIpc) is 3.77. The Kier molecular flexibility index (Phi) is 6.60. The van der Waals surface area contributed by atoms with Gasteiger partial charge in [0.15, 0.2) is 17.7 Å². The van der Waals surface area contributed by atoms with Crippen molar-refractivity contribution < 1.29 is 33.2 Å². The van der Waals surface area contributed by atoms with Crippen LogP contribution in [-0.2, 0) is 39.8 Å². The lowest BCUT2D eigenvalue weighted by atomic mass is 9.84. The normalized spacial score (nSPS) is 42.2. The fourth-order valence-electron chi connectivity index (χ4n) is 8.72. The van der Waals surface area contributed by atoms with E-state index in [1.54, 1.807) is 0 Å². The molecule has 4 saturated carbocycles. The summed E-state index contributed by atoms with van der Waals surface area (Å²) in [6, 6.07) is 10.2. The summed E-state index contributed by atoms with van der Waals surface area (Å²) in [5.74, 6) is -0.727. The first-order valence-corrected chi connectivity index (χ1v) is 15.9. The third-order valence-corrected chi connectivity index (χ3v) is 10.7. The molecular weight excluding hydrogens is 508 g/mol. The molecule has 2 bridgehead atoms. The van der Waals surface area contributed by atoms with Gasteiger partial charge in [0.25, 0.3) is 0 Å². The van der Waals surface area contributed by atoms with Crippen LogP contribution in [0, 0.1) is 17.8 Å². The van der Waals surface area contributed by atoms with Gasteiger partial charge in [0, 0.05) is 25.7 Å². The number of carbonyl (C=O) groups is 1. The van der Waals surface area contributed by atoms with Crippen molar-refractivity contribution in [3.8, 4) is 0 Å². The highest BCUT2D eigenvalue weighted by Gasteiger charge is 2.68. The maximum Gasteiger partial charge on any atom is 0.310 e. The predicted octanol–water partition coefficient (Wildman–Crippen LogP) is 5.60. The van der Waals surface area contributed by atoms with Crippen molar-refractivity contribution in [2.45, 2.75) is 132 Å². The number of fused-ring (bicyclic) bond motifs is 5. The Morgan fingerprint density at radius 2 is 1.32 bits per heavy atom. The molecule has 8 rings (SSSR count). The van der Waals surface area contributed by atoms with Crippen molar-refractivity contribution in [1.29, 1.82) is 0 Å². The summed E-state index contributed by atoms with van der Waals surface area (Å²) < 4.78 is 40.7. The molecule has 7 aliphatic rings. The van der Waals surface area contributed by atoms with Crippen LogP contribution in [0.15, 0.2) is 42.5 Å². The van der Waals surface area contributed by atoms with Crippen LogP contribution in [0.1, 0.15) is 82.6 Å². The Morgan fingerprint density at radius 1 is 0.725 bits per heavy atom. The zero-order chi connectivity index (χ0) is 26.7. The number of allylic oxidation sites excluding steroid dienone is 2. The number of hydrogen-bond donors (Lipinski definition) is 0. The molecule has 9 atom stereocenters. The van der Waals surface area contributed by atoms with E-state index >= 15 is 0 Å². The maximum absolute atomic E-state index is 13.8. The lowest BCUT2D eigenvalue weighted by molar-refractivity contribution is -0.232. The zero-order valence-electron chi connectivity index (χ0n) is 23.3. The second-order valence-corrected chi connectivity index (χ2v) is 13.3. The first-order valence-electron chi connectivity index (χ1n) is 15.9. The van der Waals surface area contributed by atoms with Gasteiger partial charge in [-0.05, 0) is 55.9 Å². The van der Waals surface area contributed by atoms with Crippen molar-refractivity contribution >= 4 is 5.97 Å².